The summed E-state index contributed by atoms with van der Waals surface area (Å²) < 4.78 is 29.1. The zero-order valence-corrected chi connectivity index (χ0v) is 17.5. The molecule has 1 aromatic carbocycles. The number of piperidine rings is 1. The summed E-state index contributed by atoms with van der Waals surface area (Å²) in [6.07, 6.45) is 3.76. The molecule has 1 aliphatic heterocycles. The van der Waals surface area contributed by atoms with Crippen LogP contribution in [0.1, 0.15) is 37.1 Å². The first-order valence-corrected chi connectivity index (χ1v) is 11.2. The van der Waals surface area contributed by atoms with Gasteiger partial charge in [0.25, 0.3) is 0 Å². The minimum absolute atomic E-state index is 0.0982. The van der Waals surface area contributed by atoms with E-state index in [4.69, 9.17) is 12.2 Å². The van der Waals surface area contributed by atoms with E-state index in [1.54, 1.807) is 40.2 Å². The molecule has 152 valence electrons. The number of aryl methyl sites for hydroxylation is 1. The molecule has 1 amide bonds. The Morgan fingerprint density at radius 1 is 1.21 bits per heavy atom. The number of hydrogen-bond acceptors (Lipinski definition) is 5. The predicted molar refractivity (Wildman–Crippen MR) is 108 cm³/mol. The number of nitrogens with one attached hydrogen (secondary N) is 2. The predicted octanol–water partition coefficient (Wildman–Crippen LogP) is 1.90. The van der Waals surface area contributed by atoms with Gasteiger partial charge in [-0.25, -0.2) is 8.42 Å². The number of nitrogens with zero attached hydrogens (tertiary/aromatic N) is 3. The smallest absolute Gasteiger partial charge is 0.243 e. The Bertz CT molecular complexity index is 973. The van der Waals surface area contributed by atoms with Gasteiger partial charge in [-0.3, -0.25) is 9.89 Å². The van der Waals surface area contributed by atoms with Crippen LogP contribution in [0.15, 0.2) is 29.2 Å². The van der Waals surface area contributed by atoms with Crippen LogP contribution in [0.3, 0.4) is 0 Å². The highest BCUT2D eigenvalue weighted by molar-refractivity contribution is 7.89. The van der Waals surface area contributed by atoms with Gasteiger partial charge in [-0.15, -0.1) is 0 Å². The van der Waals surface area contributed by atoms with Crippen molar-refractivity contribution in [3.63, 3.8) is 0 Å². The molecule has 2 aromatic rings. The van der Waals surface area contributed by atoms with Gasteiger partial charge in [-0.1, -0.05) is 18.6 Å². The third-order valence-electron chi connectivity index (χ3n) is 4.93. The van der Waals surface area contributed by atoms with E-state index in [1.165, 1.54) is 0 Å². The van der Waals surface area contributed by atoms with E-state index in [2.05, 4.69) is 15.5 Å². The molecule has 0 radical (unpaired) electrons. The Kier molecular flexibility index (Phi) is 6.63. The third kappa shape index (κ3) is 4.86. The lowest BCUT2D eigenvalue weighted by Crippen LogP contribution is -2.35. The first-order chi connectivity index (χ1) is 13.4. The second-order valence-electron chi connectivity index (χ2n) is 6.89. The Hall–Kier alpha value is -2.04. The topological polar surface area (TPSA) is 100 Å². The quantitative estimate of drug-likeness (QED) is 0.663. The van der Waals surface area contributed by atoms with E-state index in [-0.39, 0.29) is 5.91 Å². The Morgan fingerprint density at radius 3 is 2.50 bits per heavy atom. The number of aromatic amines is 1. The van der Waals surface area contributed by atoms with Crippen LogP contribution in [0.5, 0.6) is 0 Å². The molecular weight excluding hydrogens is 398 g/mol. The van der Waals surface area contributed by atoms with Crippen molar-refractivity contribution < 1.29 is 13.2 Å². The van der Waals surface area contributed by atoms with E-state index >= 15 is 0 Å². The third-order valence-corrected chi connectivity index (χ3v) is 7.21. The van der Waals surface area contributed by atoms with Crippen LogP contribution in [0.25, 0.3) is 0 Å². The number of rotatable bonds is 7. The van der Waals surface area contributed by atoms with Crippen LogP contribution < -0.4 is 5.32 Å². The lowest BCUT2D eigenvalue weighted by atomic mass is 10.1. The second kappa shape index (κ2) is 8.97. The number of aromatic nitrogens is 3. The molecule has 10 heteroatoms. The highest BCUT2D eigenvalue weighted by atomic mass is 32.2. The van der Waals surface area contributed by atoms with Crippen molar-refractivity contribution in [2.24, 2.45) is 7.05 Å². The van der Waals surface area contributed by atoms with Crippen LogP contribution in [0.2, 0.25) is 0 Å². The molecule has 0 spiro atoms. The average Bonchev–Trinajstić information content (AvgIpc) is 3.03. The van der Waals surface area contributed by atoms with Gasteiger partial charge in [-0.2, -0.15) is 9.40 Å². The molecule has 2 heterocycles. The summed E-state index contributed by atoms with van der Waals surface area (Å²) in [6.45, 7) is 1.48. The molecule has 0 unspecified atom stereocenters. The van der Waals surface area contributed by atoms with Crippen molar-refractivity contribution in [3.8, 4) is 0 Å². The van der Waals surface area contributed by atoms with E-state index in [1.807, 2.05) is 0 Å². The maximum atomic E-state index is 12.7. The van der Waals surface area contributed by atoms with Crippen molar-refractivity contribution in [2.75, 3.05) is 13.1 Å². The maximum Gasteiger partial charge on any atom is 0.243 e. The molecule has 0 bridgehead atoms. The second-order valence-corrected chi connectivity index (χ2v) is 9.21. The van der Waals surface area contributed by atoms with Gasteiger partial charge < -0.3 is 9.88 Å². The number of benzene rings is 1. The van der Waals surface area contributed by atoms with E-state index in [0.29, 0.717) is 48.0 Å². The minimum atomic E-state index is -3.42. The summed E-state index contributed by atoms with van der Waals surface area (Å²) >= 11 is 5.03. The number of carbonyl (C=O) groups is 1. The number of sulfonamides is 1. The fourth-order valence-electron chi connectivity index (χ4n) is 3.14. The van der Waals surface area contributed by atoms with Gasteiger partial charge in [0.15, 0.2) is 10.6 Å². The molecule has 0 atom stereocenters. The summed E-state index contributed by atoms with van der Waals surface area (Å²) in [5.74, 6) is 0.560. The molecule has 1 saturated heterocycles. The van der Waals surface area contributed by atoms with E-state index in [9.17, 15) is 13.2 Å². The summed E-state index contributed by atoms with van der Waals surface area (Å²) in [7, 11) is -1.63. The summed E-state index contributed by atoms with van der Waals surface area (Å²) in [4.78, 5) is 12.4. The zero-order valence-electron chi connectivity index (χ0n) is 15.8. The highest BCUT2D eigenvalue weighted by Crippen LogP contribution is 2.21. The standard InChI is InChI=1S/C18H25N5O3S2/c1-22-16(20-21-18(22)27)13-19-17(24)10-7-14-5-8-15(9-6-14)28(25,26)23-11-3-2-4-12-23/h5-6,8-9H,2-4,7,10-13H2,1H3,(H,19,24)(H,21,27). The zero-order chi connectivity index (χ0) is 20.1. The SMILES string of the molecule is Cn1c(CNC(=O)CCc2ccc(S(=O)(=O)N3CCCCC3)cc2)n[nH]c1=S. The molecule has 0 aliphatic carbocycles. The van der Waals surface area contributed by atoms with Gasteiger partial charge in [0.05, 0.1) is 11.4 Å². The molecule has 8 nitrogen and oxygen atoms in total. The molecular formula is C18H25N5O3S2. The van der Waals surface area contributed by atoms with Crippen molar-refractivity contribution in [2.45, 2.75) is 43.5 Å². The lowest BCUT2D eigenvalue weighted by molar-refractivity contribution is -0.121. The Morgan fingerprint density at radius 2 is 1.89 bits per heavy atom. The largest absolute Gasteiger partial charge is 0.349 e. The van der Waals surface area contributed by atoms with E-state index < -0.39 is 10.0 Å². The number of amides is 1. The molecule has 3 rings (SSSR count). The van der Waals surface area contributed by atoms with Crippen LogP contribution in [0, 0.1) is 4.77 Å². The fraction of sp³-hybridized carbons (Fsp3) is 0.500. The average molecular weight is 424 g/mol. The van der Waals surface area contributed by atoms with Crippen LogP contribution in [-0.4, -0.2) is 46.5 Å². The minimum Gasteiger partial charge on any atom is -0.349 e. The van der Waals surface area contributed by atoms with Crippen LogP contribution >= 0.6 is 12.2 Å². The monoisotopic (exact) mass is 423 g/mol. The molecule has 1 fully saturated rings. The Balaban J connectivity index is 1.52. The van der Waals surface area contributed by atoms with Gasteiger partial charge >= 0.3 is 0 Å². The van der Waals surface area contributed by atoms with Gasteiger partial charge in [0.2, 0.25) is 15.9 Å². The number of H-pyrrole nitrogens is 1. The van der Waals surface area contributed by atoms with Crippen molar-refractivity contribution in [1.29, 1.82) is 0 Å². The number of carbonyl (C=O) groups excluding carboxylic acids is 1. The first-order valence-electron chi connectivity index (χ1n) is 9.34. The molecule has 28 heavy (non-hydrogen) atoms. The van der Waals surface area contributed by atoms with Crippen LogP contribution in [0.4, 0.5) is 0 Å². The number of hydrogen-bond donors (Lipinski definition) is 2. The first kappa shape index (κ1) is 20.7. The van der Waals surface area contributed by atoms with E-state index in [0.717, 1.165) is 24.8 Å². The summed E-state index contributed by atoms with van der Waals surface area (Å²) in [5, 5.41) is 9.53. The summed E-state index contributed by atoms with van der Waals surface area (Å²) in [6, 6.07) is 6.82. The molecule has 0 saturated carbocycles. The van der Waals surface area contributed by atoms with Gasteiger partial charge in [0, 0.05) is 26.6 Å². The van der Waals surface area contributed by atoms with Crippen molar-refractivity contribution in [1.82, 2.24) is 24.4 Å². The Labute approximate surface area is 170 Å². The lowest BCUT2D eigenvalue weighted by Gasteiger charge is -2.25. The van der Waals surface area contributed by atoms with Crippen molar-refractivity contribution in [3.05, 3.63) is 40.4 Å². The molecule has 2 N–H and O–H groups in total. The maximum absolute atomic E-state index is 12.7. The normalized spacial score (nSPS) is 15.5. The fourth-order valence-corrected chi connectivity index (χ4v) is 4.81. The molecule has 1 aromatic heterocycles. The highest BCUT2D eigenvalue weighted by Gasteiger charge is 2.25. The van der Waals surface area contributed by atoms with Gasteiger partial charge in [0.1, 0.15) is 0 Å². The van der Waals surface area contributed by atoms with Crippen molar-refractivity contribution >= 4 is 28.1 Å². The van der Waals surface area contributed by atoms with Gasteiger partial charge in [-0.05, 0) is 49.2 Å². The summed E-state index contributed by atoms with van der Waals surface area (Å²) in [5.41, 5.74) is 0.922. The molecule has 1 aliphatic rings. The van der Waals surface area contributed by atoms with Crippen LogP contribution in [-0.2, 0) is 34.8 Å².